The Morgan fingerprint density at radius 3 is 2.42 bits per heavy atom. The average Bonchev–Trinajstić information content (AvgIpc) is 2.63. The first-order chi connectivity index (χ1) is 11.7. The first-order valence-electron chi connectivity index (χ1n) is 7.12. The monoisotopic (exact) mass is 386 g/mol. The summed E-state index contributed by atoms with van der Waals surface area (Å²) >= 11 is 3.36. The highest BCUT2D eigenvalue weighted by Gasteiger charge is 2.08. The lowest BCUT2D eigenvalue weighted by Crippen LogP contribution is -1.97. The van der Waals surface area contributed by atoms with Crippen LogP contribution in [0.15, 0.2) is 53.4 Å². The maximum atomic E-state index is 5.34. The van der Waals surface area contributed by atoms with E-state index in [1.54, 1.807) is 20.4 Å². The Kier molecular flexibility index (Phi) is 4.90. The fraction of sp³-hybridized carbons (Fsp3) is 0.118. The molecule has 0 atom stereocenters. The van der Waals surface area contributed by atoms with Gasteiger partial charge in [-0.05, 0) is 46.3 Å². The van der Waals surface area contributed by atoms with Gasteiger partial charge < -0.3 is 14.8 Å². The normalized spacial score (nSPS) is 10.3. The maximum Gasteiger partial charge on any atom is 0.161 e. The van der Waals surface area contributed by atoms with Crippen LogP contribution in [0, 0.1) is 0 Å². The standard InChI is InChI=1S/C17H15BrN4O2/c1-23-14-5-3-11(7-15(14)24-2)13-8-17(21-10-20-13)22-16-6-4-12(18)9-19-16/h3-10H,1-2H3,(H,19,20,21,22). The van der Waals surface area contributed by atoms with Gasteiger partial charge in [-0.3, -0.25) is 0 Å². The molecule has 3 rings (SSSR count). The zero-order valence-electron chi connectivity index (χ0n) is 13.2. The second-order valence-corrected chi connectivity index (χ2v) is 5.76. The number of halogens is 1. The van der Waals surface area contributed by atoms with E-state index in [1.165, 1.54) is 6.33 Å². The van der Waals surface area contributed by atoms with E-state index in [1.807, 2.05) is 36.4 Å². The second-order valence-electron chi connectivity index (χ2n) is 4.84. The predicted molar refractivity (Wildman–Crippen MR) is 95.8 cm³/mol. The van der Waals surface area contributed by atoms with E-state index in [9.17, 15) is 0 Å². The number of hydrogen-bond donors (Lipinski definition) is 1. The van der Waals surface area contributed by atoms with Gasteiger partial charge in [-0.25, -0.2) is 15.0 Å². The molecule has 0 aliphatic carbocycles. The lowest BCUT2D eigenvalue weighted by Gasteiger charge is -2.10. The van der Waals surface area contributed by atoms with Crippen LogP contribution in [0.5, 0.6) is 11.5 Å². The highest BCUT2D eigenvalue weighted by Crippen LogP contribution is 2.32. The molecule has 0 saturated carbocycles. The molecular formula is C17H15BrN4O2. The first-order valence-corrected chi connectivity index (χ1v) is 7.92. The van der Waals surface area contributed by atoms with Crippen LogP contribution >= 0.6 is 15.9 Å². The van der Waals surface area contributed by atoms with Gasteiger partial charge in [-0.1, -0.05) is 0 Å². The minimum Gasteiger partial charge on any atom is -0.493 e. The Hall–Kier alpha value is -2.67. The number of pyridine rings is 1. The van der Waals surface area contributed by atoms with Gasteiger partial charge in [0.25, 0.3) is 0 Å². The third kappa shape index (κ3) is 3.62. The van der Waals surface area contributed by atoms with Crippen LogP contribution in [0.4, 0.5) is 11.6 Å². The Labute approximate surface area is 148 Å². The van der Waals surface area contributed by atoms with Gasteiger partial charge in [0, 0.05) is 22.3 Å². The zero-order valence-corrected chi connectivity index (χ0v) is 14.7. The molecular weight excluding hydrogens is 372 g/mol. The number of benzene rings is 1. The molecule has 7 heteroatoms. The van der Waals surface area contributed by atoms with Gasteiger partial charge in [-0.2, -0.15) is 0 Å². The van der Waals surface area contributed by atoms with Crippen LogP contribution in [0.3, 0.4) is 0 Å². The molecule has 0 aliphatic rings. The predicted octanol–water partition coefficient (Wildman–Crippen LogP) is 4.06. The van der Waals surface area contributed by atoms with E-state index in [2.05, 4.69) is 36.2 Å². The minimum atomic E-state index is 0.651. The van der Waals surface area contributed by atoms with Crippen molar-refractivity contribution in [2.24, 2.45) is 0 Å². The molecule has 0 saturated heterocycles. The van der Waals surface area contributed by atoms with E-state index in [-0.39, 0.29) is 0 Å². The van der Waals surface area contributed by atoms with Crippen LogP contribution in [-0.2, 0) is 0 Å². The van der Waals surface area contributed by atoms with E-state index >= 15 is 0 Å². The van der Waals surface area contributed by atoms with Crippen LogP contribution in [0.2, 0.25) is 0 Å². The van der Waals surface area contributed by atoms with Gasteiger partial charge in [-0.15, -0.1) is 0 Å². The summed E-state index contributed by atoms with van der Waals surface area (Å²) in [5, 5.41) is 3.15. The molecule has 0 aliphatic heterocycles. The lowest BCUT2D eigenvalue weighted by molar-refractivity contribution is 0.355. The third-order valence-electron chi connectivity index (χ3n) is 3.33. The number of anilines is 2. The van der Waals surface area contributed by atoms with E-state index < -0.39 is 0 Å². The van der Waals surface area contributed by atoms with Crippen molar-refractivity contribution in [2.45, 2.75) is 0 Å². The average molecular weight is 387 g/mol. The number of ether oxygens (including phenoxy) is 2. The van der Waals surface area contributed by atoms with Crippen molar-refractivity contribution in [2.75, 3.05) is 19.5 Å². The van der Waals surface area contributed by atoms with Crippen molar-refractivity contribution in [3.05, 3.63) is 53.4 Å². The smallest absolute Gasteiger partial charge is 0.161 e. The molecule has 0 unspecified atom stereocenters. The summed E-state index contributed by atoms with van der Waals surface area (Å²) < 4.78 is 11.5. The van der Waals surface area contributed by atoms with E-state index in [4.69, 9.17) is 9.47 Å². The number of nitrogens with one attached hydrogen (secondary N) is 1. The quantitative estimate of drug-likeness (QED) is 0.712. The number of rotatable bonds is 5. The van der Waals surface area contributed by atoms with Crippen molar-refractivity contribution < 1.29 is 9.47 Å². The summed E-state index contributed by atoms with van der Waals surface area (Å²) in [5.41, 5.74) is 1.67. The maximum absolute atomic E-state index is 5.34. The molecule has 0 amide bonds. The fourth-order valence-corrected chi connectivity index (χ4v) is 2.39. The van der Waals surface area contributed by atoms with E-state index in [0.717, 1.165) is 15.7 Å². The summed E-state index contributed by atoms with van der Waals surface area (Å²) in [6.07, 6.45) is 3.23. The molecule has 24 heavy (non-hydrogen) atoms. The van der Waals surface area contributed by atoms with Crippen LogP contribution in [0.25, 0.3) is 11.3 Å². The van der Waals surface area contributed by atoms with Crippen molar-refractivity contribution >= 4 is 27.6 Å². The summed E-state index contributed by atoms with van der Waals surface area (Å²) in [6.45, 7) is 0. The van der Waals surface area contributed by atoms with Crippen molar-refractivity contribution in [3.63, 3.8) is 0 Å². The van der Waals surface area contributed by atoms with Crippen LogP contribution < -0.4 is 14.8 Å². The fourth-order valence-electron chi connectivity index (χ4n) is 2.16. The molecule has 122 valence electrons. The Bertz CT molecular complexity index is 840. The number of methoxy groups -OCH3 is 2. The number of hydrogen-bond acceptors (Lipinski definition) is 6. The summed E-state index contributed by atoms with van der Waals surface area (Å²) in [7, 11) is 3.21. The van der Waals surface area contributed by atoms with Crippen molar-refractivity contribution in [3.8, 4) is 22.8 Å². The van der Waals surface area contributed by atoms with Crippen molar-refractivity contribution in [1.29, 1.82) is 0 Å². The summed E-state index contributed by atoms with van der Waals surface area (Å²) in [5.74, 6) is 2.69. The lowest BCUT2D eigenvalue weighted by atomic mass is 10.1. The molecule has 0 spiro atoms. The molecule has 0 bridgehead atoms. The Morgan fingerprint density at radius 2 is 1.71 bits per heavy atom. The van der Waals surface area contributed by atoms with Gasteiger partial charge in [0.15, 0.2) is 11.5 Å². The topological polar surface area (TPSA) is 69.2 Å². The van der Waals surface area contributed by atoms with Gasteiger partial charge in [0.05, 0.1) is 19.9 Å². The first kappa shape index (κ1) is 16.2. The van der Waals surface area contributed by atoms with E-state index in [0.29, 0.717) is 23.1 Å². The zero-order chi connectivity index (χ0) is 16.9. The van der Waals surface area contributed by atoms with Crippen LogP contribution in [0.1, 0.15) is 0 Å². The molecule has 0 fully saturated rings. The number of aromatic nitrogens is 3. The third-order valence-corrected chi connectivity index (χ3v) is 3.80. The molecule has 1 N–H and O–H groups in total. The van der Waals surface area contributed by atoms with Crippen LogP contribution in [-0.4, -0.2) is 29.2 Å². The van der Waals surface area contributed by atoms with Gasteiger partial charge >= 0.3 is 0 Å². The Balaban J connectivity index is 1.88. The second kappa shape index (κ2) is 7.27. The van der Waals surface area contributed by atoms with Crippen molar-refractivity contribution in [1.82, 2.24) is 15.0 Å². The summed E-state index contributed by atoms with van der Waals surface area (Å²) in [6, 6.07) is 11.3. The van der Waals surface area contributed by atoms with Gasteiger partial charge in [0.1, 0.15) is 18.0 Å². The molecule has 6 nitrogen and oxygen atoms in total. The molecule has 2 heterocycles. The number of nitrogens with zero attached hydrogens (tertiary/aromatic N) is 3. The molecule has 0 radical (unpaired) electrons. The largest absolute Gasteiger partial charge is 0.493 e. The Morgan fingerprint density at radius 1 is 0.875 bits per heavy atom. The molecule has 1 aromatic carbocycles. The molecule has 3 aromatic rings. The molecule has 2 aromatic heterocycles. The highest BCUT2D eigenvalue weighted by atomic mass is 79.9. The SMILES string of the molecule is COc1ccc(-c2cc(Nc3ccc(Br)cn3)ncn2)cc1OC. The minimum absolute atomic E-state index is 0.651. The highest BCUT2D eigenvalue weighted by molar-refractivity contribution is 9.10. The summed E-state index contributed by atoms with van der Waals surface area (Å²) in [4.78, 5) is 12.8. The van der Waals surface area contributed by atoms with Gasteiger partial charge in [0.2, 0.25) is 0 Å².